The van der Waals surface area contributed by atoms with E-state index >= 15 is 0 Å². The lowest BCUT2D eigenvalue weighted by atomic mass is 10.2. The summed E-state index contributed by atoms with van der Waals surface area (Å²) >= 11 is 0. The zero-order valence-electron chi connectivity index (χ0n) is 8.66. The Morgan fingerprint density at radius 1 is 1.60 bits per heavy atom. The average Bonchev–Trinajstić information content (AvgIpc) is 2.64. The van der Waals surface area contributed by atoms with Crippen LogP contribution in [0.4, 0.5) is 11.5 Å². The number of anilines is 2. The summed E-state index contributed by atoms with van der Waals surface area (Å²) in [6.07, 6.45) is 3.25. The molecular weight excluding hydrogens is 192 g/mol. The average molecular weight is 206 g/mol. The Bertz CT molecular complexity index is 391. The Labute approximate surface area is 88.3 Å². The Morgan fingerprint density at radius 2 is 2.40 bits per heavy atom. The SMILES string of the molecule is Cc1cc(NN)ncc1N1CCCC1=O. The first-order chi connectivity index (χ1) is 7.22. The zero-order chi connectivity index (χ0) is 10.8. The standard InChI is InChI=1S/C10H14N4O/c1-7-5-9(13-11)12-6-8(7)14-4-2-3-10(14)15/h5-6H,2-4,11H2,1H3,(H,12,13). The monoisotopic (exact) mass is 206 g/mol. The number of nitrogens with one attached hydrogen (secondary N) is 1. The van der Waals surface area contributed by atoms with Crippen molar-refractivity contribution in [1.82, 2.24) is 4.98 Å². The maximum atomic E-state index is 11.5. The fourth-order valence-corrected chi connectivity index (χ4v) is 1.81. The minimum Gasteiger partial charge on any atom is -0.311 e. The lowest BCUT2D eigenvalue weighted by molar-refractivity contribution is -0.117. The number of hydrogen-bond donors (Lipinski definition) is 2. The van der Waals surface area contributed by atoms with Gasteiger partial charge in [0.2, 0.25) is 5.91 Å². The third-order valence-corrected chi connectivity index (χ3v) is 2.60. The molecule has 0 aliphatic carbocycles. The molecule has 0 saturated carbocycles. The van der Waals surface area contributed by atoms with Gasteiger partial charge in [0.1, 0.15) is 5.82 Å². The second-order valence-corrected chi connectivity index (χ2v) is 3.65. The van der Waals surface area contributed by atoms with Crippen LogP contribution in [0.1, 0.15) is 18.4 Å². The zero-order valence-corrected chi connectivity index (χ0v) is 8.66. The van der Waals surface area contributed by atoms with Crippen molar-refractivity contribution in [3.63, 3.8) is 0 Å². The molecule has 2 heterocycles. The van der Waals surface area contributed by atoms with Gasteiger partial charge in [0.25, 0.3) is 0 Å². The van der Waals surface area contributed by atoms with Crippen molar-refractivity contribution in [3.05, 3.63) is 17.8 Å². The summed E-state index contributed by atoms with van der Waals surface area (Å²) in [5.74, 6) is 6.04. The third kappa shape index (κ3) is 1.78. The van der Waals surface area contributed by atoms with Crippen molar-refractivity contribution in [2.45, 2.75) is 19.8 Å². The van der Waals surface area contributed by atoms with Crippen LogP contribution in [0.5, 0.6) is 0 Å². The van der Waals surface area contributed by atoms with Crippen LogP contribution in [0.2, 0.25) is 0 Å². The lowest BCUT2D eigenvalue weighted by Gasteiger charge is -2.18. The molecule has 5 heteroatoms. The van der Waals surface area contributed by atoms with Crippen LogP contribution in [-0.2, 0) is 4.79 Å². The molecule has 1 aliphatic heterocycles. The molecule has 2 rings (SSSR count). The van der Waals surface area contributed by atoms with Gasteiger partial charge in [-0.2, -0.15) is 0 Å². The molecule has 0 spiro atoms. The summed E-state index contributed by atoms with van der Waals surface area (Å²) in [5, 5.41) is 0. The molecule has 1 saturated heterocycles. The molecule has 1 amide bonds. The molecule has 1 aromatic rings. The summed E-state index contributed by atoms with van der Waals surface area (Å²) in [6.45, 7) is 2.74. The van der Waals surface area contributed by atoms with Gasteiger partial charge < -0.3 is 10.3 Å². The fourth-order valence-electron chi connectivity index (χ4n) is 1.81. The lowest BCUT2D eigenvalue weighted by Crippen LogP contribution is -2.24. The Hall–Kier alpha value is -1.62. The van der Waals surface area contributed by atoms with Crippen molar-refractivity contribution in [3.8, 4) is 0 Å². The van der Waals surface area contributed by atoms with E-state index in [2.05, 4.69) is 10.4 Å². The van der Waals surface area contributed by atoms with Crippen LogP contribution >= 0.6 is 0 Å². The van der Waals surface area contributed by atoms with Crippen molar-refractivity contribution >= 4 is 17.4 Å². The normalized spacial score (nSPS) is 15.9. The van der Waals surface area contributed by atoms with Gasteiger partial charge in [-0.05, 0) is 25.0 Å². The number of nitrogens with two attached hydrogens (primary N) is 1. The maximum absolute atomic E-state index is 11.5. The Kier molecular flexibility index (Phi) is 2.55. The smallest absolute Gasteiger partial charge is 0.227 e. The van der Waals surface area contributed by atoms with Gasteiger partial charge in [0.15, 0.2) is 0 Å². The van der Waals surface area contributed by atoms with E-state index in [-0.39, 0.29) is 5.91 Å². The largest absolute Gasteiger partial charge is 0.311 e. The van der Waals surface area contributed by atoms with Crippen molar-refractivity contribution < 1.29 is 4.79 Å². The number of rotatable bonds is 2. The Balaban J connectivity index is 2.32. The summed E-state index contributed by atoms with van der Waals surface area (Å²) in [4.78, 5) is 17.4. The predicted octanol–water partition coefficient (Wildman–Crippen LogP) is 0.802. The molecule has 0 aromatic carbocycles. The minimum absolute atomic E-state index is 0.174. The van der Waals surface area contributed by atoms with Crippen LogP contribution in [0, 0.1) is 6.92 Å². The summed E-state index contributed by atoms with van der Waals surface area (Å²) < 4.78 is 0. The topological polar surface area (TPSA) is 71.2 Å². The van der Waals surface area contributed by atoms with E-state index in [1.807, 2.05) is 13.0 Å². The van der Waals surface area contributed by atoms with Crippen LogP contribution in [-0.4, -0.2) is 17.4 Å². The van der Waals surface area contributed by atoms with Gasteiger partial charge in [-0.3, -0.25) is 4.79 Å². The van der Waals surface area contributed by atoms with Crippen LogP contribution < -0.4 is 16.2 Å². The highest BCUT2D eigenvalue weighted by Crippen LogP contribution is 2.25. The highest BCUT2D eigenvalue weighted by Gasteiger charge is 2.23. The number of carbonyl (C=O) groups is 1. The van der Waals surface area contributed by atoms with E-state index in [1.54, 1.807) is 11.1 Å². The van der Waals surface area contributed by atoms with Crippen LogP contribution in [0.3, 0.4) is 0 Å². The highest BCUT2D eigenvalue weighted by atomic mass is 16.2. The summed E-state index contributed by atoms with van der Waals surface area (Å²) in [5.41, 5.74) is 4.38. The second-order valence-electron chi connectivity index (χ2n) is 3.65. The van der Waals surface area contributed by atoms with Gasteiger partial charge in [-0.15, -0.1) is 0 Å². The number of amides is 1. The molecule has 15 heavy (non-hydrogen) atoms. The molecular formula is C10H14N4O. The first-order valence-electron chi connectivity index (χ1n) is 4.96. The number of aryl methyl sites for hydroxylation is 1. The van der Waals surface area contributed by atoms with E-state index in [0.717, 1.165) is 24.2 Å². The Morgan fingerprint density at radius 3 is 2.93 bits per heavy atom. The quantitative estimate of drug-likeness (QED) is 0.554. The molecule has 3 N–H and O–H groups in total. The van der Waals surface area contributed by atoms with E-state index in [0.29, 0.717) is 12.2 Å². The number of hydrazine groups is 1. The molecule has 1 aromatic heterocycles. The molecule has 80 valence electrons. The number of carbonyl (C=O) groups excluding carboxylic acids is 1. The van der Waals surface area contributed by atoms with Crippen molar-refractivity contribution in [1.29, 1.82) is 0 Å². The number of hydrogen-bond acceptors (Lipinski definition) is 4. The third-order valence-electron chi connectivity index (χ3n) is 2.60. The highest BCUT2D eigenvalue weighted by molar-refractivity contribution is 5.95. The molecule has 1 fully saturated rings. The fraction of sp³-hybridized carbons (Fsp3) is 0.400. The summed E-state index contributed by atoms with van der Waals surface area (Å²) in [7, 11) is 0. The first kappa shape index (κ1) is 9.92. The van der Waals surface area contributed by atoms with E-state index < -0.39 is 0 Å². The maximum Gasteiger partial charge on any atom is 0.227 e. The van der Waals surface area contributed by atoms with Gasteiger partial charge in [-0.1, -0.05) is 0 Å². The van der Waals surface area contributed by atoms with Crippen molar-refractivity contribution in [2.75, 3.05) is 16.9 Å². The number of aromatic nitrogens is 1. The summed E-state index contributed by atoms with van der Waals surface area (Å²) in [6, 6.07) is 1.83. The first-order valence-corrected chi connectivity index (χ1v) is 4.96. The second kappa shape index (κ2) is 3.86. The number of nitrogen functional groups attached to an aromatic ring is 1. The molecule has 0 radical (unpaired) electrons. The number of pyridine rings is 1. The number of nitrogens with zero attached hydrogens (tertiary/aromatic N) is 2. The van der Waals surface area contributed by atoms with E-state index in [4.69, 9.17) is 5.84 Å². The molecule has 5 nitrogen and oxygen atoms in total. The molecule has 0 bridgehead atoms. The minimum atomic E-state index is 0.174. The van der Waals surface area contributed by atoms with E-state index in [9.17, 15) is 4.79 Å². The van der Waals surface area contributed by atoms with Gasteiger partial charge in [-0.25, -0.2) is 10.8 Å². The molecule has 0 atom stereocenters. The van der Waals surface area contributed by atoms with Gasteiger partial charge in [0, 0.05) is 13.0 Å². The van der Waals surface area contributed by atoms with Crippen molar-refractivity contribution in [2.24, 2.45) is 5.84 Å². The van der Waals surface area contributed by atoms with E-state index in [1.165, 1.54) is 0 Å². The van der Waals surface area contributed by atoms with Gasteiger partial charge in [0.05, 0.1) is 11.9 Å². The van der Waals surface area contributed by atoms with Crippen LogP contribution in [0.15, 0.2) is 12.3 Å². The van der Waals surface area contributed by atoms with Gasteiger partial charge >= 0.3 is 0 Å². The molecule has 1 aliphatic rings. The molecule has 0 unspecified atom stereocenters. The predicted molar refractivity (Wildman–Crippen MR) is 58.4 cm³/mol. The van der Waals surface area contributed by atoms with Crippen LogP contribution in [0.25, 0.3) is 0 Å².